The first-order valence-corrected chi connectivity index (χ1v) is 10.5. The first-order valence-electron chi connectivity index (χ1n) is 10.5. The average molecular weight is 378 g/mol. The molecule has 3 N–H and O–H groups in total. The average Bonchev–Trinajstić information content (AvgIpc) is 3.07. The van der Waals surface area contributed by atoms with Crippen molar-refractivity contribution >= 4 is 11.6 Å². The number of fused-ring (bicyclic) bond motifs is 1. The topological polar surface area (TPSA) is 104 Å². The van der Waals surface area contributed by atoms with Gasteiger partial charge in [-0.05, 0) is 56.3 Å². The zero-order chi connectivity index (χ0) is 19.2. The van der Waals surface area contributed by atoms with Gasteiger partial charge in [0.15, 0.2) is 12.1 Å². The standard InChI is InChI=1S/C21H30O6/c1-18-6-5-16-20-7-4-12(23)10-19(20,26)8-9-21(16,27-17(20)25)15(18)3-2-13(18)14(24)11-22/h13,15-17,22,25-26H,2-11H2,1H3/t13-,15-,16-,17-,18-,19+,20-,21-/m1/s1. The van der Waals surface area contributed by atoms with E-state index < -0.39 is 29.5 Å². The van der Waals surface area contributed by atoms with Gasteiger partial charge in [-0.15, -0.1) is 0 Å². The molecule has 5 fully saturated rings. The molecule has 1 spiro atoms. The second-order valence-electron chi connectivity index (χ2n) is 10.1. The maximum absolute atomic E-state index is 12.4. The zero-order valence-electron chi connectivity index (χ0n) is 15.9. The van der Waals surface area contributed by atoms with Gasteiger partial charge in [-0.3, -0.25) is 9.59 Å². The first-order chi connectivity index (χ1) is 12.7. The molecule has 1 saturated heterocycles. The number of ketones is 2. The lowest BCUT2D eigenvalue weighted by atomic mass is 9.42. The molecule has 4 aliphatic carbocycles. The number of hydrogen-bond acceptors (Lipinski definition) is 6. The molecule has 5 rings (SSSR count). The molecule has 6 heteroatoms. The highest BCUT2D eigenvalue weighted by Gasteiger charge is 2.79. The van der Waals surface area contributed by atoms with Crippen LogP contribution < -0.4 is 0 Å². The van der Waals surface area contributed by atoms with Crippen LogP contribution in [-0.4, -0.2) is 51.0 Å². The summed E-state index contributed by atoms with van der Waals surface area (Å²) in [6, 6.07) is 0. The van der Waals surface area contributed by atoms with Crippen molar-refractivity contribution in [3.8, 4) is 0 Å². The minimum absolute atomic E-state index is 0.0212. The molecular weight excluding hydrogens is 348 g/mol. The number of carbonyl (C=O) groups excluding carboxylic acids is 2. The van der Waals surface area contributed by atoms with Gasteiger partial charge >= 0.3 is 0 Å². The molecule has 8 atom stereocenters. The minimum Gasteiger partial charge on any atom is -0.389 e. The van der Waals surface area contributed by atoms with Gasteiger partial charge in [0.05, 0.1) is 16.6 Å². The Morgan fingerprint density at radius 3 is 2.67 bits per heavy atom. The molecule has 0 aromatic carbocycles. The maximum atomic E-state index is 12.4. The lowest BCUT2D eigenvalue weighted by Gasteiger charge is -2.62. The molecule has 27 heavy (non-hydrogen) atoms. The van der Waals surface area contributed by atoms with Gasteiger partial charge in [0.2, 0.25) is 0 Å². The highest BCUT2D eigenvalue weighted by atomic mass is 16.6. The van der Waals surface area contributed by atoms with Crippen molar-refractivity contribution in [3.63, 3.8) is 0 Å². The Kier molecular flexibility index (Phi) is 3.65. The highest BCUT2D eigenvalue weighted by molar-refractivity contribution is 5.83. The van der Waals surface area contributed by atoms with Crippen LogP contribution in [0.3, 0.4) is 0 Å². The predicted molar refractivity (Wildman–Crippen MR) is 94.4 cm³/mol. The summed E-state index contributed by atoms with van der Waals surface area (Å²) in [5, 5.41) is 32.0. The quantitative estimate of drug-likeness (QED) is 0.670. The molecule has 0 aromatic heterocycles. The molecule has 1 heterocycles. The SMILES string of the molecule is C[C@]12CC[C@H]3[C@@]4(CC[C@]5(O)CC(=O)CC[C@]35[C@H](O)O4)[C@@H]1CC[C@@H]2C(=O)CO. The van der Waals surface area contributed by atoms with Crippen molar-refractivity contribution in [2.45, 2.75) is 82.2 Å². The van der Waals surface area contributed by atoms with Crippen molar-refractivity contribution in [3.05, 3.63) is 0 Å². The summed E-state index contributed by atoms with van der Waals surface area (Å²) in [6.07, 6.45) is 4.26. The van der Waals surface area contributed by atoms with Crippen LogP contribution in [0.15, 0.2) is 0 Å². The fourth-order valence-electron chi connectivity index (χ4n) is 8.45. The Morgan fingerprint density at radius 1 is 1.15 bits per heavy atom. The van der Waals surface area contributed by atoms with Crippen LogP contribution in [0.25, 0.3) is 0 Å². The van der Waals surface area contributed by atoms with E-state index in [-0.39, 0.29) is 41.2 Å². The molecule has 2 bridgehead atoms. The van der Waals surface area contributed by atoms with Gasteiger partial charge in [-0.25, -0.2) is 0 Å². The monoisotopic (exact) mass is 378 g/mol. The summed E-state index contributed by atoms with van der Waals surface area (Å²) in [4.78, 5) is 24.5. The summed E-state index contributed by atoms with van der Waals surface area (Å²) in [5.41, 5.74) is -2.70. The second-order valence-corrected chi connectivity index (χ2v) is 10.1. The highest BCUT2D eigenvalue weighted by Crippen LogP contribution is 2.75. The van der Waals surface area contributed by atoms with E-state index in [9.17, 15) is 24.9 Å². The van der Waals surface area contributed by atoms with E-state index in [4.69, 9.17) is 4.74 Å². The maximum Gasteiger partial charge on any atom is 0.164 e. The molecule has 6 nitrogen and oxygen atoms in total. The van der Waals surface area contributed by atoms with E-state index in [1.54, 1.807) is 0 Å². The van der Waals surface area contributed by atoms with E-state index in [0.29, 0.717) is 25.7 Å². The molecule has 0 aromatic rings. The van der Waals surface area contributed by atoms with Gasteiger partial charge in [-0.2, -0.15) is 0 Å². The molecule has 0 amide bonds. The first kappa shape index (κ1) is 18.2. The third-order valence-corrected chi connectivity index (χ3v) is 9.53. The van der Waals surface area contributed by atoms with Gasteiger partial charge in [-0.1, -0.05) is 6.92 Å². The Hall–Kier alpha value is -0.820. The van der Waals surface area contributed by atoms with Crippen LogP contribution in [0.5, 0.6) is 0 Å². The molecule has 0 radical (unpaired) electrons. The third-order valence-electron chi connectivity index (χ3n) is 9.53. The van der Waals surface area contributed by atoms with E-state index in [1.807, 2.05) is 0 Å². The molecule has 0 unspecified atom stereocenters. The van der Waals surface area contributed by atoms with Crippen LogP contribution in [0.1, 0.15) is 64.7 Å². The van der Waals surface area contributed by atoms with Gasteiger partial charge in [0.25, 0.3) is 0 Å². The number of Topliss-reactive ketones (excluding diaryl/α,β-unsaturated/α-hetero) is 2. The van der Waals surface area contributed by atoms with Crippen molar-refractivity contribution in [1.29, 1.82) is 0 Å². The van der Waals surface area contributed by atoms with E-state index in [2.05, 4.69) is 6.92 Å². The van der Waals surface area contributed by atoms with E-state index in [1.165, 1.54) is 0 Å². The minimum atomic E-state index is -1.18. The largest absolute Gasteiger partial charge is 0.389 e. The summed E-state index contributed by atoms with van der Waals surface area (Å²) >= 11 is 0. The predicted octanol–water partition coefficient (Wildman–Crippen LogP) is 1.34. The van der Waals surface area contributed by atoms with Crippen molar-refractivity contribution in [2.24, 2.45) is 28.6 Å². The summed E-state index contributed by atoms with van der Waals surface area (Å²) in [7, 11) is 0. The smallest absolute Gasteiger partial charge is 0.164 e. The lowest BCUT2D eigenvalue weighted by molar-refractivity contribution is -0.214. The van der Waals surface area contributed by atoms with E-state index in [0.717, 1.165) is 25.7 Å². The van der Waals surface area contributed by atoms with Crippen LogP contribution in [0.2, 0.25) is 0 Å². The Bertz CT molecular complexity index is 707. The fourth-order valence-corrected chi connectivity index (χ4v) is 8.45. The normalized spacial score (nSPS) is 56.4. The summed E-state index contributed by atoms with van der Waals surface area (Å²) in [5.74, 6) is -0.00856. The van der Waals surface area contributed by atoms with Crippen LogP contribution in [-0.2, 0) is 14.3 Å². The van der Waals surface area contributed by atoms with Gasteiger partial charge in [0, 0.05) is 24.7 Å². The number of aliphatic hydroxyl groups excluding tert-OH is 2. The fraction of sp³-hybridized carbons (Fsp3) is 0.905. The van der Waals surface area contributed by atoms with Crippen molar-refractivity contribution in [2.75, 3.05) is 6.61 Å². The van der Waals surface area contributed by atoms with E-state index >= 15 is 0 Å². The lowest BCUT2D eigenvalue weighted by Crippen LogP contribution is -2.67. The van der Waals surface area contributed by atoms with Crippen LogP contribution in [0.4, 0.5) is 0 Å². The van der Waals surface area contributed by atoms with Gasteiger partial charge in [0.1, 0.15) is 12.4 Å². The second kappa shape index (κ2) is 5.41. The summed E-state index contributed by atoms with van der Waals surface area (Å²) in [6.45, 7) is 1.73. The molecule has 5 aliphatic rings. The third kappa shape index (κ3) is 1.91. The summed E-state index contributed by atoms with van der Waals surface area (Å²) < 4.78 is 6.39. The Morgan fingerprint density at radius 2 is 1.93 bits per heavy atom. The zero-order valence-corrected chi connectivity index (χ0v) is 15.9. The number of aliphatic hydroxyl groups is 3. The number of carbonyl (C=O) groups is 2. The number of hydrogen-bond donors (Lipinski definition) is 3. The molecular formula is C21H30O6. The van der Waals surface area contributed by atoms with Crippen LogP contribution in [0, 0.1) is 28.6 Å². The molecule has 150 valence electrons. The van der Waals surface area contributed by atoms with Crippen molar-refractivity contribution in [1.82, 2.24) is 0 Å². The number of ether oxygens (including phenoxy) is 1. The Balaban J connectivity index is 1.58. The Labute approximate surface area is 159 Å². The van der Waals surface area contributed by atoms with Crippen molar-refractivity contribution < 1.29 is 29.6 Å². The number of rotatable bonds is 2. The molecule has 4 saturated carbocycles. The van der Waals surface area contributed by atoms with Gasteiger partial charge < -0.3 is 20.1 Å². The molecule has 1 aliphatic heterocycles. The van der Waals surface area contributed by atoms with Crippen LogP contribution >= 0.6 is 0 Å².